The molecular weight excluding hydrogens is 657 g/mol. The number of unbranched alkanes of at least 4 members (excludes halogenated alkanes) is 7. The molecule has 2 rings (SSSR count). The molecule has 0 radical (unpaired) electrons. The van der Waals surface area contributed by atoms with Gasteiger partial charge in [0.05, 0.1) is 12.2 Å². The average molecular weight is 729 g/mol. The summed E-state index contributed by atoms with van der Waals surface area (Å²) in [5, 5.41) is 2.71. The molecule has 0 N–H and O–H groups in total. The maximum absolute atomic E-state index is 13.2. The molecule has 0 heterocycles. The maximum Gasteiger partial charge on any atom is 0.261 e. The van der Waals surface area contributed by atoms with Gasteiger partial charge in [-0.3, -0.25) is 4.79 Å². The molecule has 278 valence electrons. The molecule has 0 aliphatic carbocycles. The third kappa shape index (κ3) is 13.4. The zero-order chi connectivity index (χ0) is 36.8. The highest BCUT2D eigenvalue weighted by atomic mass is 32.2. The van der Waals surface area contributed by atoms with Crippen LogP contribution in [0.25, 0.3) is 0 Å². The first-order valence-electron chi connectivity index (χ1n) is 19.0. The van der Waals surface area contributed by atoms with Crippen LogP contribution < -0.4 is 10.4 Å². The summed E-state index contributed by atoms with van der Waals surface area (Å²) in [5.41, 5.74) is -0.341. The maximum atomic E-state index is 13.2. The monoisotopic (exact) mass is 728 g/mol. The largest absolute Gasteiger partial charge is 0.413 e. The number of carbonyl (C=O) groups is 1. The van der Waals surface area contributed by atoms with E-state index in [1.807, 2.05) is 0 Å². The predicted molar refractivity (Wildman–Crippen MR) is 220 cm³/mol. The number of benzene rings is 2. The van der Waals surface area contributed by atoms with E-state index >= 15 is 0 Å². The topological polar surface area (TPSA) is 44.8 Å². The van der Waals surface area contributed by atoms with Crippen molar-refractivity contribution in [1.82, 2.24) is 0 Å². The first-order valence-corrected chi connectivity index (χ1v) is 24.8. The van der Waals surface area contributed by atoms with Gasteiger partial charge in [-0.05, 0) is 46.4 Å². The first-order chi connectivity index (χ1) is 22.9. The minimum Gasteiger partial charge on any atom is -0.413 e. The Bertz CT molecular complexity index is 1170. The molecule has 0 saturated carbocycles. The van der Waals surface area contributed by atoms with Crippen molar-refractivity contribution in [1.29, 1.82) is 0 Å². The predicted octanol–water partition coefficient (Wildman–Crippen LogP) is 11.2. The SMILES string of the molecule is CCCCCCCCCCSC(=O)C[C@H](C[C@H](O[Si](C)(C)C(C)(C)C)C(C)(C)CO[Si](c1ccccc1)(c1ccccc1)C(C)(C)C)OC. The lowest BCUT2D eigenvalue weighted by atomic mass is 9.84. The molecule has 0 saturated heterocycles. The van der Waals surface area contributed by atoms with Crippen LogP contribution in [-0.2, 0) is 18.4 Å². The van der Waals surface area contributed by atoms with Gasteiger partial charge in [0.1, 0.15) is 0 Å². The number of hydrogen-bond acceptors (Lipinski definition) is 5. The van der Waals surface area contributed by atoms with Gasteiger partial charge in [0, 0.05) is 31.3 Å². The van der Waals surface area contributed by atoms with Crippen molar-refractivity contribution in [2.24, 2.45) is 5.41 Å². The molecule has 0 aromatic heterocycles. The normalized spacial score (nSPS) is 14.5. The van der Waals surface area contributed by atoms with Gasteiger partial charge < -0.3 is 13.6 Å². The lowest BCUT2D eigenvalue weighted by molar-refractivity contribution is -0.114. The average Bonchev–Trinajstić information content (AvgIpc) is 3.03. The fourth-order valence-corrected chi connectivity index (χ4v) is 13.5. The molecule has 0 amide bonds. The van der Waals surface area contributed by atoms with E-state index in [1.54, 1.807) is 7.11 Å². The Morgan fingerprint density at radius 3 is 1.67 bits per heavy atom. The van der Waals surface area contributed by atoms with Crippen molar-refractivity contribution in [2.45, 2.75) is 162 Å². The second kappa shape index (κ2) is 20.1. The van der Waals surface area contributed by atoms with Crippen LogP contribution >= 0.6 is 11.8 Å². The van der Waals surface area contributed by atoms with E-state index in [-0.39, 0.29) is 32.8 Å². The summed E-state index contributed by atoms with van der Waals surface area (Å²) in [6.45, 7) is 25.9. The summed E-state index contributed by atoms with van der Waals surface area (Å²) in [4.78, 5) is 13.2. The molecule has 0 aliphatic rings. The van der Waals surface area contributed by atoms with Crippen LogP contribution in [0.15, 0.2) is 60.7 Å². The van der Waals surface area contributed by atoms with Crippen molar-refractivity contribution < 1.29 is 18.4 Å². The van der Waals surface area contributed by atoms with Gasteiger partial charge in [0.2, 0.25) is 0 Å². The lowest BCUT2D eigenvalue weighted by Gasteiger charge is -2.48. The second-order valence-corrected chi connectivity index (χ2v) is 27.5. The van der Waals surface area contributed by atoms with Crippen molar-refractivity contribution in [3.8, 4) is 0 Å². The van der Waals surface area contributed by atoms with E-state index in [0.717, 1.165) is 12.2 Å². The molecule has 2 aromatic carbocycles. The fourth-order valence-electron chi connectivity index (χ4n) is 6.38. The number of methoxy groups -OCH3 is 1. The molecule has 7 heteroatoms. The van der Waals surface area contributed by atoms with Gasteiger partial charge >= 0.3 is 0 Å². The quantitative estimate of drug-likeness (QED) is 0.0892. The molecule has 0 spiro atoms. The number of thioether (sulfide) groups is 1. The van der Waals surface area contributed by atoms with E-state index in [0.29, 0.717) is 19.4 Å². The summed E-state index contributed by atoms with van der Waals surface area (Å²) in [6.07, 6.45) is 10.9. The lowest BCUT2D eigenvalue weighted by Crippen LogP contribution is -2.67. The third-order valence-electron chi connectivity index (χ3n) is 10.7. The van der Waals surface area contributed by atoms with Crippen molar-refractivity contribution >= 4 is 43.9 Å². The Labute approximate surface area is 308 Å². The van der Waals surface area contributed by atoms with Crippen LogP contribution in [-0.4, -0.2) is 53.4 Å². The highest BCUT2D eigenvalue weighted by molar-refractivity contribution is 8.13. The highest BCUT2D eigenvalue weighted by Gasteiger charge is 2.52. The van der Waals surface area contributed by atoms with Crippen LogP contribution in [0.5, 0.6) is 0 Å². The summed E-state index contributed by atoms with van der Waals surface area (Å²) >= 11 is 1.49. The van der Waals surface area contributed by atoms with Gasteiger partial charge in [0.25, 0.3) is 8.32 Å². The molecule has 49 heavy (non-hydrogen) atoms. The molecule has 0 aliphatic heterocycles. The number of rotatable bonds is 22. The van der Waals surface area contributed by atoms with Crippen LogP contribution in [0.1, 0.15) is 127 Å². The summed E-state index contributed by atoms with van der Waals surface area (Å²) < 4.78 is 20.8. The van der Waals surface area contributed by atoms with E-state index in [1.165, 1.54) is 67.1 Å². The molecule has 0 unspecified atom stereocenters. The minimum absolute atomic E-state index is 0.0461. The zero-order valence-corrected chi connectivity index (χ0v) is 36.3. The Morgan fingerprint density at radius 1 is 0.735 bits per heavy atom. The van der Waals surface area contributed by atoms with E-state index in [9.17, 15) is 4.79 Å². The van der Waals surface area contributed by atoms with Crippen LogP contribution in [0.4, 0.5) is 0 Å². The highest BCUT2D eigenvalue weighted by Crippen LogP contribution is 2.43. The summed E-state index contributed by atoms with van der Waals surface area (Å²) in [6, 6.07) is 21.7. The second-order valence-electron chi connectivity index (χ2n) is 17.3. The number of hydrogen-bond donors (Lipinski definition) is 0. The summed E-state index contributed by atoms with van der Waals surface area (Å²) in [7, 11) is -3.17. The Kier molecular flexibility index (Phi) is 18.0. The van der Waals surface area contributed by atoms with Gasteiger partial charge in [0.15, 0.2) is 13.4 Å². The Balaban J connectivity index is 2.28. The summed E-state index contributed by atoms with van der Waals surface area (Å²) in [5.74, 6) is 0.895. The van der Waals surface area contributed by atoms with E-state index in [4.69, 9.17) is 13.6 Å². The van der Waals surface area contributed by atoms with Gasteiger partial charge in [-0.15, -0.1) is 0 Å². The van der Waals surface area contributed by atoms with E-state index in [2.05, 4.69) is 136 Å². The van der Waals surface area contributed by atoms with Crippen LogP contribution in [0.2, 0.25) is 23.2 Å². The molecule has 2 aromatic rings. The van der Waals surface area contributed by atoms with Gasteiger partial charge in [-0.25, -0.2) is 0 Å². The standard InChI is InChI=1S/C42H72O4SSi2/c1-13-14-15-16-17-18-19-26-31-47-39(43)33-35(44-10)32-38(46-48(11,12)40(2,3)4)42(8,9)34-45-49(41(5,6)7,36-27-22-20-23-28-36)37-29-24-21-25-30-37/h20-25,27-30,35,38H,13-19,26,31-34H2,1-12H3/t35-,38-/m0/s1. The van der Waals surface area contributed by atoms with Gasteiger partial charge in [-0.2, -0.15) is 0 Å². The molecule has 0 bridgehead atoms. The van der Waals surface area contributed by atoms with Crippen LogP contribution in [0, 0.1) is 5.41 Å². The smallest absolute Gasteiger partial charge is 0.261 e. The molecule has 0 fully saturated rings. The minimum atomic E-state index is -2.74. The van der Waals surface area contributed by atoms with Crippen molar-refractivity contribution in [2.75, 3.05) is 19.5 Å². The fraction of sp³-hybridized carbons (Fsp3) is 0.690. The van der Waals surface area contributed by atoms with Crippen molar-refractivity contribution in [3.05, 3.63) is 60.7 Å². The third-order valence-corrected chi connectivity index (χ3v) is 21.1. The zero-order valence-electron chi connectivity index (χ0n) is 33.5. The van der Waals surface area contributed by atoms with Gasteiger partial charge in [-0.1, -0.05) is 180 Å². The number of carbonyl (C=O) groups excluding carboxylic acids is 1. The Hall–Kier alpha value is -1.23. The Morgan fingerprint density at radius 2 is 1.22 bits per heavy atom. The molecular formula is C42H72O4SSi2. The first kappa shape index (κ1) is 43.9. The van der Waals surface area contributed by atoms with Crippen molar-refractivity contribution in [3.63, 3.8) is 0 Å². The molecule has 2 atom stereocenters. The van der Waals surface area contributed by atoms with Crippen LogP contribution in [0.3, 0.4) is 0 Å². The number of ether oxygens (including phenoxy) is 1. The van der Waals surface area contributed by atoms with E-state index < -0.39 is 16.6 Å². The molecule has 4 nitrogen and oxygen atoms in total.